The van der Waals surface area contributed by atoms with E-state index in [0.29, 0.717) is 17.5 Å². The second kappa shape index (κ2) is 4.09. The van der Waals surface area contributed by atoms with Gasteiger partial charge in [-0.15, -0.1) is 0 Å². The maximum atomic E-state index is 11.3. The number of halogens is 2. The van der Waals surface area contributed by atoms with Crippen LogP contribution in [0.2, 0.25) is 0 Å². The summed E-state index contributed by atoms with van der Waals surface area (Å²) in [5.41, 5.74) is 5.19. The van der Waals surface area contributed by atoms with Crippen LogP contribution >= 0.6 is 11.8 Å². The van der Waals surface area contributed by atoms with E-state index in [0.717, 1.165) is 0 Å². The highest BCUT2D eigenvalue weighted by molar-refractivity contribution is 7.99. The molecule has 0 bridgehead atoms. The summed E-state index contributed by atoms with van der Waals surface area (Å²) in [4.78, 5) is 0. The molecule has 8 heavy (non-hydrogen) atoms. The first kappa shape index (κ1) is 8.17. The largest absolute Gasteiger partial charge is 0.327 e. The van der Waals surface area contributed by atoms with Crippen LogP contribution < -0.4 is 5.73 Å². The summed E-state index contributed by atoms with van der Waals surface area (Å²) in [5.74, 6) is -1.95. The first-order chi connectivity index (χ1) is 3.63. The molecule has 1 nitrogen and oxygen atoms in total. The van der Waals surface area contributed by atoms with Gasteiger partial charge < -0.3 is 5.73 Å². The van der Waals surface area contributed by atoms with Gasteiger partial charge >= 0.3 is 0 Å². The van der Waals surface area contributed by atoms with Crippen molar-refractivity contribution in [3.8, 4) is 0 Å². The lowest BCUT2D eigenvalue weighted by Crippen LogP contribution is -2.18. The predicted octanol–water partition coefficient (Wildman–Crippen LogP) is 1.29. The monoisotopic (exact) mass is 141 g/mol. The topological polar surface area (TPSA) is 26.0 Å². The molecule has 0 aliphatic carbocycles. The van der Waals surface area contributed by atoms with Gasteiger partial charge in [-0.1, -0.05) is 11.8 Å². The zero-order chi connectivity index (χ0) is 6.57. The Morgan fingerprint density at radius 1 is 1.62 bits per heavy atom. The van der Waals surface area contributed by atoms with Crippen LogP contribution in [0, 0.1) is 0 Å². The van der Waals surface area contributed by atoms with E-state index >= 15 is 0 Å². The van der Waals surface area contributed by atoms with Crippen LogP contribution in [0.3, 0.4) is 0 Å². The third kappa shape index (κ3) is 6.17. The number of nitrogens with two attached hydrogens (primary N) is 1. The van der Waals surface area contributed by atoms with E-state index in [1.54, 1.807) is 6.92 Å². The van der Waals surface area contributed by atoms with Crippen molar-refractivity contribution < 1.29 is 8.78 Å². The molecule has 0 unspecified atom stereocenters. The normalized spacial score (nSPS) is 14.6. The van der Waals surface area contributed by atoms with Crippen molar-refractivity contribution >= 4 is 11.8 Å². The van der Waals surface area contributed by atoms with E-state index in [2.05, 4.69) is 0 Å². The average molecular weight is 141 g/mol. The van der Waals surface area contributed by atoms with Crippen LogP contribution in [0.25, 0.3) is 0 Å². The minimum atomic E-state index is -2.28. The quantitative estimate of drug-likeness (QED) is 0.641. The Morgan fingerprint density at radius 3 is 2.25 bits per heavy atom. The summed E-state index contributed by atoms with van der Waals surface area (Å²) < 4.78 is 22.6. The molecule has 0 aromatic rings. The van der Waals surface area contributed by atoms with Gasteiger partial charge in [0, 0.05) is 11.8 Å². The van der Waals surface area contributed by atoms with Crippen LogP contribution in [0.5, 0.6) is 0 Å². The zero-order valence-electron chi connectivity index (χ0n) is 4.60. The van der Waals surface area contributed by atoms with E-state index in [1.165, 1.54) is 0 Å². The molecular weight excluding hydrogens is 132 g/mol. The van der Waals surface area contributed by atoms with Crippen molar-refractivity contribution in [1.82, 2.24) is 0 Å². The number of hydrogen-bond acceptors (Lipinski definition) is 2. The smallest absolute Gasteiger partial charge is 0.284 e. The van der Waals surface area contributed by atoms with Crippen LogP contribution in [-0.4, -0.2) is 17.6 Å². The second-order valence-electron chi connectivity index (χ2n) is 1.57. The highest BCUT2D eigenvalue weighted by Crippen LogP contribution is 2.12. The molecule has 0 aliphatic rings. The third-order valence-electron chi connectivity index (χ3n) is 0.485. The first-order valence-corrected chi connectivity index (χ1v) is 3.33. The Hall–Kier alpha value is 0.170. The van der Waals surface area contributed by atoms with Crippen molar-refractivity contribution in [2.45, 2.75) is 18.7 Å². The van der Waals surface area contributed by atoms with Gasteiger partial charge in [-0.05, 0) is 6.92 Å². The lowest BCUT2D eigenvalue weighted by Gasteiger charge is -2.01. The third-order valence-corrected chi connectivity index (χ3v) is 1.46. The molecule has 0 rings (SSSR count). The highest BCUT2D eigenvalue weighted by Gasteiger charge is 2.02. The molecule has 0 saturated carbocycles. The molecule has 0 amide bonds. The van der Waals surface area contributed by atoms with E-state index in [4.69, 9.17) is 5.73 Å². The minimum absolute atomic E-state index is 0.131. The SMILES string of the molecule is C[C@H](N)CSC(F)F. The Kier molecular flexibility index (Phi) is 4.18. The van der Waals surface area contributed by atoms with Crippen LogP contribution in [-0.2, 0) is 0 Å². The van der Waals surface area contributed by atoms with Gasteiger partial charge in [0.15, 0.2) is 0 Å². The Labute approximate surface area is 51.6 Å². The second-order valence-corrected chi connectivity index (χ2v) is 2.59. The number of alkyl halides is 2. The van der Waals surface area contributed by atoms with Gasteiger partial charge in [0.1, 0.15) is 0 Å². The van der Waals surface area contributed by atoms with Gasteiger partial charge in [-0.2, -0.15) is 8.78 Å². The van der Waals surface area contributed by atoms with Crippen molar-refractivity contribution in [3.63, 3.8) is 0 Å². The molecule has 0 fully saturated rings. The maximum Gasteiger partial charge on any atom is 0.284 e. The summed E-state index contributed by atoms with van der Waals surface area (Å²) in [6.07, 6.45) is 0. The molecule has 50 valence electrons. The number of rotatable bonds is 3. The minimum Gasteiger partial charge on any atom is -0.327 e. The van der Waals surface area contributed by atoms with Crippen LogP contribution in [0.1, 0.15) is 6.92 Å². The summed E-state index contributed by atoms with van der Waals surface area (Å²) in [7, 11) is 0. The van der Waals surface area contributed by atoms with Crippen molar-refractivity contribution in [1.29, 1.82) is 0 Å². The summed E-state index contributed by atoms with van der Waals surface area (Å²) >= 11 is 0.581. The summed E-state index contributed by atoms with van der Waals surface area (Å²) in [6, 6.07) is -0.131. The van der Waals surface area contributed by atoms with Crippen molar-refractivity contribution in [2.75, 3.05) is 5.75 Å². The fourth-order valence-electron chi connectivity index (χ4n) is 0.225. The Balaban J connectivity index is 2.93. The molecule has 2 N–H and O–H groups in total. The van der Waals surface area contributed by atoms with Gasteiger partial charge in [-0.3, -0.25) is 0 Å². The van der Waals surface area contributed by atoms with E-state index < -0.39 is 5.76 Å². The van der Waals surface area contributed by atoms with E-state index in [-0.39, 0.29) is 6.04 Å². The molecule has 0 saturated heterocycles. The van der Waals surface area contributed by atoms with Crippen molar-refractivity contribution in [3.05, 3.63) is 0 Å². The lowest BCUT2D eigenvalue weighted by molar-refractivity contribution is 0.252. The predicted molar refractivity (Wildman–Crippen MR) is 32.1 cm³/mol. The Bertz CT molecular complexity index is 50.0. The molecular formula is C4H9F2NS. The molecule has 0 radical (unpaired) electrons. The van der Waals surface area contributed by atoms with Crippen LogP contribution in [0.4, 0.5) is 8.78 Å². The fourth-order valence-corrected chi connectivity index (χ4v) is 0.674. The molecule has 1 atom stereocenters. The molecule has 4 heteroatoms. The molecule has 0 aliphatic heterocycles. The average Bonchev–Trinajstić information content (AvgIpc) is 1.61. The van der Waals surface area contributed by atoms with Gasteiger partial charge in [-0.25, -0.2) is 0 Å². The first-order valence-electron chi connectivity index (χ1n) is 2.28. The molecule has 0 aromatic carbocycles. The standard InChI is InChI=1S/C4H9F2NS/c1-3(7)2-8-4(5)6/h3-4H,2,7H2,1H3/t3-/m0/s1. The lowest BCUT2D eigenvalue weighted by atomic mass is 10.4. The van der Waals surface area contributed by atoms with Gasteiger partial charge in [0.05, 0.1) is 0 Å². The maximum absolute atomic E-state index is 11.3. The summed E-state index contributed by atoms with van der Waals surface area (Å²) in [5, 5.41) is 0. The summed E-state index contributed by atoms with van der Waals surface area (Å²) in [6.45, 7) is 1.70. The zero-order valence-corrected chi connectivity index (χ0v) is 5.42. The Morgan fingerprint density at radius 2 is 2.12 bits per heavy atom. The van der Waals surface area contributed by atoms with E-state index in [1.807, 2.05) is 0 Å². The van der Waals surface area contributed by atoms with Crippen LogP contribution in [0.15, 0.2) is 0 Å². The number of thioether (sulfide) groups is 1. The van der Waals surface area contributed by atoms with E-state index in [9.17, 15) is 8.78 Å². The molecule has 0 spiro atoms. The number of hydrogen-bond donors (Lipinski definition) is 1. The molecule has 0 aromatic heterocycles. The van der Waals surface area contributed by atoms with Crippen molar-refractivity contribution in [2.24, 2.45) is 5.73 Å². The highest BCUT2D eigenvalue weighted by atomic mass is 32.2. The van der Waals surface area contributed by atoms with Gasteiger partial charge in [0.25, 0.3) is 5.76 Å². The van der Waals surface area contributed by atoms with Gasteiger partial charge in [0.2, 0.25) is 0 Å². The fraction of sp³-hybridized carbons (Fsp3) is 1.00. The molecule has 0 heterocycles.